The molecule has 1 aliphatic rings. The van der Waals surface area contributed by atoms with Crippen molar-refractivity contribution >= 4 is 27.5 Å². The highest BCUT2D eigenvalue weighted by molar-refractivity contribution is 5.97. The fourth-order valence-electron chi connectivity index (χ4n) is 5.43. The van der Waals surface area contributed by atoms with Gasteiger partial charge in [0, 0.05) is 29.4 Å². The van der Waals surface area contributed by atoms with Crippen LogP contribution in [0.1, 0.15) is 56.7 Å². The average molecular weight is 503 g/mol. The molecule has 2 N–H and O–H groups in total. The molecule has 0 aliphatic heterocycles. The molecule has 0 bridgehead atoms. The summed E-state index contributed by atoms with van der Waals surface area (Å²) in [6.45, 7) is 4.29. The van der Waals surface area contributed by atoms with Crippen LogP contribution in [0.15, 0.2) is 67.0 Å². The number of aliphatic hydroxyl groups excluding tert-OH is 1. The van der Waals surface area contributed by atoms with Crippen LogP contribution >= 0.6 is 0 Å². The van der Waals surface area contributed by atoms with Crippen molar-refractivity contribution in [3.63, 3.8) is 0 Å². The molecular weight excluding hydrogens is 472 g/mol. The van der Waals surface area contributed by atoms with E-state index in [2.05, 4.69) is 42.4 Å². The first-order valence-corrected chi connectivity index (χ1v) is 13.2. The number of anilines is 1. The molecule has 7 heteroatoms. The molecule has 5 aromatic rings. The fraction of sp³-hybridized carbons (Fsp3) is 0.290. The number of hydrogen-bond acceptors (Lipinski definition) is 6. The van der Waals surface area contributed by atoms with Gasteiger partial charge in [-0.25, -0.2) is 4.68 Å². The molecule has 1 saturated carbocycles. The lowest BCUT2D eigenvalue weighted by atomic mass is 9.93. The molecule has 0 atom stereocenters. The molecule has 2 aromatic carbocycles. The van der Waals surface area contributed by atoms with Crippen LogP contribution in [-0.4, -0.2) is 37.0 Å². The molecule has 38 heavy (non-hydrogen) atoms. The number of nitriles is 1. The molecule has 1 fully saturated rings. The molecule has 3 heterocycles. The third-order valence-corrected chi connectivity index (χ3v) is 7.46. The fourth-order valence-corrected chi connectivity index (χ4v) is 5.43. The minimum Gasteiger partial charge on any atom is -0.393 e. The first kappa shape index (κ1) is 24.1. The molecule has 6 rings (SSSR count). The maximum atomic E-state index is 9.89. The largest absolute Gasteiger partial charge is 0.393 e. The predicted molar refractivity (Wildman–Crippen MR) is 150 cm³/mol. The summed E-state index contributed by atoms with van der Waals surface area (Å²) in [7, 11) is 0. The van der Waals surface area contributed by atoms with E-state index in [0.717, 1.165) is 75.8 Å². The summed E-state index contributed by atoms with van der Waals surface area (Å²) >= 11 is 0. The van der Waals surface area contributed by atoms with Crippen molar-refractivity contribution in [2.75, 3.05) is 5.32 Å². The van der Waals surface area contributed by atoms with Crippen molar-refractivity contribution in [1.29, 1.82) is 5.26 Å². The molecule has 0 amide bonds. The summed E-state index contributed by atoms with van der Waals surface area (Å²) in [5, 5.41) is 30.4. The van der Waals surface area contributed by atoms with Gasteiger partial charge in [-0.15, -0.1) is 0 Å². The number of aliphatic hydroxyl groups is 1. The molecule has 1 aliphatic carbocycles. The van der Waals surface area contributed by atoms with Gasteiger partial charge in [0.1, 0.15) is 6.07 Å². The van der Waals surface area contributed by atoms with Crippen LogP contribution in [-0.2, 0) is 0 Å². The summed E-state index contributed by atoms with van der Waals surface area (Å²) < 4.78 is 1.96. The Morgan fingerprint density at radius 3 is 2.63 bits per heavy atom. The quantitative estimate of drug-likeness (QED) is 0.291. The van der Waals surface area contributed by atoms with E-state index in [0.29, 0.717) is 5.56 Å². The Labute approximate surface area is 221 Å². The number of nitrogens with one attached hydrogen (secondary N) is 1. The molecule has 0 unspecified atom stereocenters. The van der Waals surface area contributed by atoms with Crippen LogP contribution in [0.4, 0.5) is 5.69 Å². The van der Waals surface area contributed by atoms with Crippen molar-refractivity contribution in [2.45, 2.75) is 57.6 Å². The third kappa shape index (κ3) is 4.37. The highest BCUT2D eigenvalue weighted by atomic mass is 16.3. The lowest BCUT2D eigenvalue weighted by Crippen LogP contribution is -2.28. The minimum atomic E-state index is -0.222. The molecule has 190 valence electrons. The van der Waals surface area contributed by atoms with Gasteiger partial charge in [-0.2, -0.15) is 10.4 Å². The monoisotopic (exact) mass is 502 g/mol. The Bertz CT molecular complexity index is 1670. The Hall–Kier alpha value is -4.28. The van der Waals surface area contributed by atoms with E-state index < -0.39 is 0 Å². The third-order valence-electron chi connectivity index (χ3n) is 7.46. The summed E-state index contributed by atoms with van der Waals surface area (Å²) in [6, 6.07) is 20.6. The maximum Gasteiger partial charge on any atom is 0.101 e. The van der Waals surface area contributed by atoms with E-state index in [-0.39, 0.29) is 18.1 Å². The second-order valence-corrected chi connectivity index (χ2v) is 10.4. The van der Waals surface area contributed by atoms with Gasteiger partial charge in [-0.1, -0.05) is 32.0 Å². The molecule has 7 nitrogen and oxygen atoms in total. The number of nitrogens with zero attached hydrogens (tertiary/aromatic N) is 5. The van der Waals surface area contributed by atoms with Gasteiger partial charge < -0.3 is 10.4 Å². The van der Waals surface area contributed by atoms with E-state index in [1.165, 1.54) is 0 Å². The van der Waals surface area contributed by atoms with E-state index in [1.54, 1.807) is 0 Å². The lowest BCUT2D eigenvalue weighted by molar-refractivity contribution is 0.126. The van der Waals surface area contributed by atoms with Gasteiger partial charge in [0.05, 0.1) is 50.8 Å². The second kappa shape index (κ2) is 9.88. The van der Waals surface area contributed by atoms with Crippen LogP contribution in [0.2, 0.25) is 0 Å². The minimum absolute atomic E-state index is 0.180. The van der Waals surface area contributed by atoms with Crippen molar-refractivity contribution in [3.8, 4) is 23.0 Å². The first-order chi connectivity index (χ1) is 18.5. The molecule has 3 aromatic heterocycles. The maximum absolute atomic E-state index is 9.89. The first-order valence-electron chi connectivity index (χ1n) is 13.2. The van der Waals surface area contributed by atoms with Crippen LogP contribution in [0.25, 0.3) is 38.8 Å². The summed E-state index contributed by atoms with van der Waals surface area (Å²) in [6.07, 6.45) is 6.81. The molecular formula is C31H30N6O. The topological polar surface area (TPSA) is 99.7 Å². The molecule has 0 saturated heterocycles. The SMILES string of the molecule is CC(C)c1nn(-c2ccc(C#N)c(NC3CCC(O)CC3)c2)c2ccnc(-c3cnc4ccccc4c3)c12. The number of para-hydroxylation sites is 1. The Kier molecular flexibility index (Phi) is 6.26. The zero-order valence-corrected chi connectivity index (χ0v) is 21.6. The van der Waals surface area contributed by atoms with Gasteiger partial charge in [-0.05, 0) is 68.0 Å². The number of hydrogen-bond donors (Lipinski definition) is 2. The number of pyridine rings is 2. The highest BCUT2D eigenvalue weighted by Crippen LogP contribution is 2.35. The lowest BCUT2D eigenvalue weighted by Gasteiger charge is -2.27. The average Bonchev–Trinajstić information content (AvgIpc) is 3.34. The van der Waals surface area contributed by atoms with E-state index in [9.17, 15) is 10.4 Å². The standard InChI is InChI=1S/C31H30N6O/c1-19(2)30-29-28(13-14-33-31(29)22-15-20-5-3-4-6-26(20)34-18-22)37(36-30)24-10-7-21(17-32)27(16-24)35-23-8-11-25(38)12-9-23/h3-7,10,13-16,18-19,23,25,35,38H,8-9,11-12H2,1-2H3. The van der Waals surface area contributed by atoms with Gasteiger partial charge in [0.2, 0.25) is 0 Å². The van der Waals surface area contributed by atoms with Crippen molar-refractivity contribution < 1.29 is 5.11 Å². The van der Waals surface area contributed by atoms with Crippen LogP contribution in [0.5, 0.6) is 0 Å². The van der Waals surface area contributed by atoms with Crippen molar-refractivity contribution in [2.24, 2.45) is 0 Å². The summed E-state index contributed by atoms with van der Waals surface area (Å²) in [4.78, 5) is 9.47. The molecule has 0 radical (unpaired) electrons. The van der Waals surface area contributed by atoms with Gasteiger partial charge in [-0.3, -0.25) is 9.97 Å². The van der Waals surface area contributed by atoms with E-state index in [1.807, 2.05) is 59.5 Å². The Morgan fingerprint density at radius 1 is 1.03 bits per heavy atom. The van der Waals surface area contributed by atoms with Crippen LogP contribution in [0.3, 0.4) is 0 Å². The summed E-state index contributed by atoms with van der Waals surface area (Å²) in [5.41, 5.74) is 6.99. The second-order valence-electron chi connectivity index (χ2n) is 10.4. The van der Waals surface area contributed by atoms with Crippen molar-refractivity contribution in [1.82, 2.24) is 19.7 Å². The zero-order valence-electron chi connectivity index (χ0n) is 21.6. The van der Waals surface area contributed by atoms with Crippen molar-refractivity contribution in [3.05, 3.63) is 78.2 Å². The van der Waals surface area contributed by atoms with Crippen LogP contribution < -0.4 is 5.32 Å². The number of aromatic nitrogens is 4. The zero-order chi connectivity index (χ0) is 26.2. The summed E-state index contributed by atoms with van der Waals surface area (Å²) in [5.74, 6) is 0.180. The van der Waals surface area contributed by atoms with E-state index >= 15 is 0 Å². The predicted octanol–water partition coefficient (Wildman–Crippen LogP) is 6.35. The number of fused-ring (bicyclic) bond motifs is 2. The Morgan fingerprint density at radius 2 is 1.84 bits per heavy atom. The van der Waals surface area contributed by atoms with Gasteiger partial charge >= 0.3 is 0 Å². The number of benzene rings is 2. The number of rotatable bonds is 5. The molecule has 0 spiro atoms. The van der Waals surface area contributed by atoms with Gasteiger partial charge in [0.15, 0.2) is 0 Å². The highest BCUT2D eigenvalue weighted by Gasteiger charge is 2.22. The normalized spacial score (nSPS) is 17.7. The van der Waals surface area contributed by atoms with Crippen LogP contribution in [0, 0.1) is 11.3 Å². The van der Waals surface area contributed by atoms with E-state index in [4.69, 9.17) is 10.1 Å². The van der Waals surface area contributed by atoms with Gasteiger partial charge in [0.25, 0.3) is 0 Å². The smallest absolute Gasteiger partial charge is 0.101 e. The Balaban J connectivity index is 1.47.